The van der Waals surface area contributed by atoms with Crippen molar-refractivity contribution in [3.8, 4) is 0 Å². The molecular formula is C18H35N7. The number of nitrogens with zero attached hydrogens (tertiary/aromatic N) is 5. The van der Waals surface area contributed by atoms with Crippen LogP contribution in [0.4, 0.5) is 0 Å². The third kappa shape index (κ3) is 5.70. The quantitative estimate of drug-likeness (QED) is 0.603. The second-order valence-corrected chi connectivity index (χ2v) is 8.01. The number of hydrogen-bond acceptors (Lipinski definition) is 4. The molecule has 2 heterocycles. The minimum Gasteiger partial charge on any atom is -0.357 e. The van der Waals surface area contributed by atoms with E-state index in [-0.39, 0.29) is 5.54 Å². The Morgan fingerprint density at radius 1 is 1.28 bits per heavy atom. The average molecular weight is 350 g/mol. The lowest BCUT2D eigenvalue weighted by atomic mass is 9.88. The summed E-state index contributed by atoms with van der Waals surface area (Å²) < 4.78 is 1.76. The molecule has 1 aliphatic heterocycles. The summed E-state index contributed by atoms with van der Waals surface area (Å²) >= 11 is 0. The van der Waals surface area contributed by atoms with Crippen molar-refractivity contribution in [3.05, 3.63) is 12.2 Å². The van der Waals surface area contributed by atoms with Crippen molar-refractivity contribution in [1.29, 1.82) is 0 Å². The van der Waals surface area contributed by atoms with Crippen molar-refractivity contribution in [2.75, 3.05) is 26.2 Å². The first kappa shape index (κ1) is 19.7. The van der Waals surface area contributed by atoms with Crippen LogP contribution >= 0.6 is 0 Å². The normalized spacial score (nSPS) is 22.9. The topological polar surface area (TPSA) is 70.4 Å². The number of hydrogen-bond donors (Lipinski definition) is 2. The number of likely N-dealkylation sites (tertiary alicyclic amines) is 1. The van der Waals surface area contributed by atoms with Gasteiger partial charge in [0.1, 0.15) is 18.7 Å². The first-order valence-corrected chi connectivity index (χ1v) is 9.42. The summed E-state index contributed by atoms with van der Waals surface area (Å²) in [7, 11) is 1.89. The van der Waals surface area contributed by atoms with Crippen LogP contribution in [-0.4, -0.2) is 57.3 Å². The average Bonchev–Trinajstić information content (AvgIpc) is 2.94. The van der Waals surface area contributed by atoms with E-state index >= 15 is 0 Å². The molecule has 0 bridgehead atoms. The van der Waals surface area contributed by atoms with Gasteiger partial charge in [0.2, 0.25) is 0 Å². The molecule has 7 heteroatoms. The van der Waals surface area contributed by atoms with Crippen LogP contribution in [0.25, 0.3) is 0 Å². The third-order valence-electron chi connectivity index (χ3n) is 4.94. The molecule has 7 nitrogen and oxygen atoms in total. The van der Waals surface area contributed by atoms with Crippen LogP contribution in [0.15, 0.2) is 11.3 Å². The summed E-state index contributed by atoms with van der Waals surface area (Å²) in [5.74, 6) is 3.22. The van der Waals surface area contributed by atoms with Crippen LogP contribution in [0.3, 0.4) is 0 Å². The molecule has 1 aliphatic rings. The van der Waals surface area contributed by atoms with Gasteiger partial charge in [-0.1, -0.05) is 13.8 Å². The highest BCUT2D eigenvalue weighted by atomic mass is 15.3. The Hall–Kier alpha value is -1.63. The molecule has 0 radical (unpaired) electrons. The van der Waals surface area contributed by atoms with Gasteiger partial charge in [0, 0.05) is 38.8 Å². The zero-order valence-electron chi connectivity index (χ0n) is 16.7. The van der Waals surface area contributed by atoms with Gasteiger partial charge in [-0.15, -0.1) is 0 Å². The first-order chi connectivity index (χ1) is 11.8. The number of aliphatic imine (C=N–C) groups is 1. The minimum absolute atomic E-state index is 0.0872. The molecule has 1 aromatic heterocycles. The summed E-state index contributed by atoms with van der Waals surface area (Å²) in [6, 6.07) is 0. The van der Waals surface area contributed by atoms with Gasteiger partial charge in [0.05, 0.1) is 0 Å². The molecule has 2 atom stereocenters. The van der Waals surface area contributed by atoms with Crippen molar-refractivity contribution in [3.63, 3.8) is 0 Å². The SMILES string of the molecule is CCNC(=NCc1ncnn1C)NCC(C)(C)N1CC(C)CC(C)C1. The fourth-order valence-corrected chi connectivity index (χ4v) is 3.52. The van der Waals surface area contributed by atoms with Crippen molar-refractivity contribution >= 4 is 5.96 Å². The van der Waals surface area contributed by atoms with Crippen molar-refractivity contribution < 1.29 is 0 Å². The van der Waals surface area contributed by atoms with Crippen molar-refractivity contribution in [2.24, 2.45) is 23.9 Å². The zero-order valence-corrected chi connectivity index (χ0v) is 16.7. The number of aromatic nitrogens is 3. The van der Waals surface area contributed by atoms with E-state index in [9.17, 15) is 0 Å². The van der Waals surface area contributed by atoms with E-state index in [1.54, 1.807) is 11.0 Å². The number of piperidine rings is 1. The molecule has 0 spiro atoms. The molecular weight excluding hydrogens is 314 g/mol. The maximum atomic E-state index is 4.65. The highest BCUT2D eigenvalue weighted by Gasteiger charge is 2.32. The molecule has 2 unspecified atom stereocenters. The maximum absolute atomic E-state index is 4.65. The van der Waals surface area contributed by atoms with E-state index in [2.05, 4.69) is 65.2 Å². The number of rotatable bonds is 6. The standard InChI is InChI=1S/C18H35N7/c1-7-19-17(20-9-16-22-13-23-24(16)6)21-12-18(4,5)25-10-14(2)8-15(3)11-25/h13-15H,7-12H2,1-6H3,(H2,19,20,21). The summed E-state index contributed by atoms with van der Waals surface area (Å²) in [4.78, 5) is 11.5. The van der Waals surface area contributed by atoms with Gasteiger partial charge in [0.15, 0.2) is 5.96 Å². The minimum atomic E-state index is 0.0872. The Balaban J connectivity index is 1.95. The van der Waals surface area contributed by atoms with Gasteiger partial charge in [-0.25, -0.2) is 9.98 Å². The summed E-state index contributed by atoms with van der Waals surface area (Å²) in [6.45, 7) is 16.0. The predicted molar refractivity (Wildman–Crippen MR) is 102 cm³/mol. The molecule has 1 fully saturated rings. The molecule has 0 saturated carbocycles. The summed E-state index contributed by atoms with van der Waals surface area (Å²) in [5, 5.41) is 10.9. The highest BCUT2D eigenvalue weighted by molar-refractivity contribution is 5.79. The van der Waals surface area contributed by atoms with E-state index in [4.69, 9.17) is 0 Å². The Labute approximate surface area is 152 Å². The van der Waals surface area contributed by atoms with Gasteiger partial charge in [-0.2, -0.15) is 5.10 Å². The molecule has 142 valence electrons. The van der Waals surface area contributed by atoms with Crippen LogP contribution in [0.1, 0.15) is 46.9 Å². The van der Waals surface area contributed by atoms with E-state index in [0.717, 1.165) is 36.7 Å². The number of aryl methyl sites for hydroxylation is 1. The fraction of sp³-hybridized carbons (Fsp3) is 0.833. The number of nitrogens with one attached hydrogen (secondary N) is 2. The second-order valence-electron chi connectivity index (χ2n) is 8.01. The van der Waals surface area contributed by atoms with Crippen LogP contribution < -0.4 is 10.6 Å². The van der Waals surface area contributed by atoms with Gasteiger partial charge >= 0.3 is 0 Å². The Kier molecular flexibility index (Phi) is 6.81. The lowest BCUT2D eigenvalue weighted by Crippen LogP contribution is -2.57. The molecule has 0 amide bonds. The number of guanidine groups is 1. The van der Waals surface area contributed by atoms with Gasteiger partial charge in [-0.3, -0.25) is 9.58 Å². The van der Waals surface area contributed by atoms with Crippen LogP contribution in [0.5, 0.6) is 0 Å². The van der Waals surface area contributed by atoms with E-state index in [1.165, 1.54) is 19.5 Å². The monoisotopic (exact) mass is 349 g/mol. The van der Waals surface area contributed by atoms with Gasteiger partial charge in [-0.05, 0) is 39.0 Å². The smallest absolute Gasteiger partial charge is 0.191 e. The molecule has 2 rings (SSSR count). The third-order valence-corrected chi connectivity index (χ3v) is 4.94. The molecule has 1 saturated heterocycles. The van der Waals surface area contributed by atoms with Crippen molar-refractivity contribution in [1.82, 2.24) is 30.3 Å². The maximum Gasteiger partial charge on any atom is 0.191 e. The second kappa shape index (κ2) is 8.65. The fourth-order valence-electron chi connectivity index (χ4n) is 3.52. The molecule has 0 aromatic carbocycles. The molecule has 1 aromatic rings. The Bertz CT molecular complexity index is 554. The lowest BCUT2D eigenvalue weighted by molar-refractivity contribution is 0.0483. The lowest BCUT2D eigenvalue weighted by Gasteiger charge is -2.45. The Morgan fingerprint density at radius 2 is 1.96 bits per heavy atom. The van der Waals surface area contributed by atoms with Gasteiger partial charge < -0.3 is 10.6 Å². The Morgan fingerprint density at radius 3 is 2.52 bits per heavy atom. The molecule has 0 aliphatic carbocycles. The summed E-state index contributed by atoms with van der Waals surface area (Å²) in [6.07, 6.45) is 2.90. The van der Waals surface area contributed by atoms with Gasteiger partial charge in [0.25, 0.3) is 0 Å². The molecule has 25 heavy (non-hydrogen) atoms. The summed E-state index contributed by atoms with van der Waals surface area (Å²) in [5.41, 5.74) is 0.0872. The zero-order chi connectivity index (χ0) is 18.4. The molecule has 2 N–H and O–H groups in total. The van der Waals surface area contributed by atoms with E-state index in [0.29, 0.717) is 6.54 Å². The largest absolute Gasteiger partial charge is 0.357 e. The highest BCUT2D eigenvalue weighted by Crippen LogP contribution is 2.26. The van der Waals surface area contributed by atoms with Crippen LogP contribution in [0.2, 0.25) is 0 Å². The van der Waals surface area contributed by atoms with E-state index < -0.39 is 0 Å². The van der Waals surface area contributed by atoms with E-state index in [1.807, 2.05) is 7.05 Å². The van der Waals surface area contributed by atoms with Crippen molar-refractivity contribution in [2.45, 2.75) is 53.1 Å². The van der Waals surface area contributed by atoms with Crippen LogP contribution in [-0.2, 0) is 13.6 Å². The first-order valence-electron chi connectivity index (χ1n) is 9.42. The van der Waals surface area contributed by atoms with Crippen LogP contribution in [0, 0.1) is 11.8 Å². The predicted octanol–water partition coefficient (Wildman–Crippen LogP) is 1.63.